The third-order valence-electron chi connectivity index (χ3n) is 4.18. The van der Waals surface area contributed by atoms with Crippen molar-refractivity contribution in [3.05, 3.63) is 94.3 Å². The number of rotatable bonds is 4. The molecule has 0 aliphatic heterocycles. The minimum absolute atomic E-state index is 0.00345. The maximum Gasteiger partial charge on any atom is 0.271 e. The summed E-state index contributed by atoms with van der Waals surface area (Å²) in [6.07, 6.45) is 3.67. The number of para-hydroxylation sites is 1. The summed E-state index contributed by atoms with van der Waals surface area (Å²) in [5.41, 5.74) is 3.06. The van der Waals surface area contributed by atoms with Crippen molar-refractivity contribution in [2.45, 2.75) is 0 Å². The second-order valence-corrected chi connectivity index (χ2v) is 6.00. The molecule has 3 aromatic carbocycles. The number of phenols is 1. The molecular formula is C21H15N3O3. The number of nitrogens with zero attached hydrogens (tertiary/aromatic N) is 3. The van der Waals surface area contributed by atoms with Gasteiger partial charge in [0.1, 0.15) is 11.6 Å². The molecule has 4 aromatic rings. The molecule has 0 atom stereocenters. The van der Waals surface area contributed by atoms with Crippen molar-refractivity contribution >= 4 is 28.9 Å². The lowest BCUT2D eigenvalue weighted by Gasteiger charge is -2.07. The van der Waals surface area contributed by atoms with Crippen LogP contribution in [0, 0.1) is 10.1 Å². The number of benzene rings is 3. The first-order valence-corrected chi connectivity index (χ1v) is 8.31. The van der Waals surface area contributed by atoms with Crippen LogP contribution in [0.3, 0.4) is 0 Å². The van der Waals surface area contributed by atoms with Crippen LogP contribution in [0.4, 0.5) is 5.69 Å². The van der Waals surface area contributed by atoms with Crippen molar-refractivity contribution < 1.29 is 10.0 Å². The zero-order chi connectivity index (χ0) is 18.8. The van der Waals surface area contributed by atoms with E-state index in [1.165, 1.54) is 12.1 Å². The standard InChI is InChI=1S/C21H15N3O3/c25-18-8-4-5-15(13-18)9-12-21-22-19-14-17(24(26)27)10-11-20(19)23(21)16-6-2-1-3-7-16/h1-14,25H. The molecule has 0 aliphatic rings. The van der Waals surface area contributed by atoms with Crippen LogP contribution in [-0.4, -0.2) is 19.6 Å². The third kappa shape index (κ3) is 3.28. The Morgan fingerprint density at radius 3 is 2.52 bits per heavy atom. The molecule has 0 saturated carbocycles. The molecule has 0 fully saturated rings. The topological polar surface area (TPSA) is 81.2 Å². The first-order chi connectivity index (χ1) is 13.1. The van der Waals surface area contributed by atoms with Gasteiger partial charge in [-0.15, -0.1) is 0 Å². The van der Waals surface area contributed by atoms with Crippen LogP contribution in [-0.2, 0) is 0 Å². The molecule has 1 heterocycles. The van der Waals surface area contributed by atoms with Gasteiger partial charge >= 0.3 is 0 Å². The van der Waals surface area contributed by atoms with Crippen molar-refractivity contribution in [3.8, 4) is 11.4 Å². The van der Waals surface area contributed by atoms with E-state index in [-0.39, 0.29) is 11.4 Å². The number of imidazole rings is 1. The lowest BCUT2D eigenvalue weighted by atomic mass is 10.2. The number of aromatic nitrogens is 2. The van der Waals surface area contributed by atoms with Gasteiger partial charge in [0.2, 0.25) is 0 Å². The van der Waals surface area contributed by atoms with Gasteiger partial charge in [-0.25, -0.2) is 4.98 Å². The number of phenolic OH excluding ortho intramolecular Hbond substituents is 1. The predicted octanol–water partition coefficient (Wildman–Crippen LogP) is 4.81. The molecule has 6 heteroatoms. The van der Waals surface area contributed by atoms with E-state index in [0.29, 0.717) is 11.3 Å². The summed E-state index contributed by atoms with van der Waals surface area (Å²) in [5, 5.41) is 20.7. The molecule has 6 nitrogen and oxygen atoms in total. The van der Waals surface area contributed by atoms with E-state index >= 15 is 0 Å². The predicted molar refractivity (Wildman–Crippen MR) is 105 cm³/mol. The van der Waals surface area contributed by atoms with Crippen molar-refractivity contribution in [1.29, 1.82) is 0 Å². The van der Waals surface area contributed by atoms with Crippen molar-refractivity contribution in [3.63, 3.8) is 0 Å². The molecule has 0 spiro atoms. The highest BCUT2D eigenvalue weighted by atomic mass is 16.6. The van der Waals surface area contributed by atoms with E-state index in [1.54, 1.807) is 24.3 Å². The summed E-state index contributed by atoms with van der Waals surface area (Å²) in [6.45, 7) is 0. The van der Waals surface area contributed by atoms with Crippen LogP contribution in [0.5, 0.6) is 5.75 Å². The Balaban J connectivity index is 1.88. The van der Waals surface area contributed by atoms with Crippen LogP contribution in [0.2, 0.25) is 0 Å². The fraction of sp³-hybridized carbons (Fsp3) is 0. The van der Waals surface area contributed by atoms with Crippen LogP contribution in [0.15, 0.2) is 72.8 Å². The molecule has 1 N–H and O–H groups in total. The van der Waals surface area contributed by atoms with Gasteiger partial charge in [-0.05, 0) is 42.0 Å². The molecule has 4 rings (SSSR count). The first kappa shape index (κ1) is 16.5. The fourth-order valence-electron chi connectivity index (χ4n) is 2.96. The Hall–Kier alpha value is -3.93. The number of nitro groups is 1. The molecule has 0 saturated heterocycles. The Bertz CT molecular complexity index is 1160. The van der Waals surface area contributed by atoms with E-state index in [9.17, 15) is 15.2 Å². The molecule has 0 unspecified atom stereocenters. The molecule has 0 bridgehead atoms. The fourth-order valence-corrected chi connectivity index (χ4v) is 2.96. The second-order valence-electron chi connectivity index (χ2n) is 6.00. The van der Waals surface area contributed by atoms with Crippen LogP contribution < -0.4 is 0 Å². The highest BCUT2D eigenvalue weighted by Crippen LogP contribution is 2.26. The number of nitro benzene ring substituents is 1. The first-order valence-electron chi connectivity index (χ1n) is 8.31. The summed E-state index contributed by atoms with van der Waals surface area (Å²) in [4.78, 5) is 15.2. The number of aromatic hydroxyl groups is 1. The lowest BCUT2D eigenvalue weighted by molar-refractivity contribution is -0.384. The van der Waals surface area contributed by atoms with Gasteiger partial charge in [0.15, 0.2) is 0 Å². The van der Waals surface area contributed by atoms with Crippen LogP contribution in [0.1, 0.15) is 11.4 Å². The maximum absolute atomic E-state index is 11.1. The third-order valence-corrected chi connectivity index (χ3v) is 4.18. The Morgan fingerprint density at radius 1 is 0.963 bits per heavy atom. The quantitative estimate of drug-likeness (QED) is 0.420. The zero-order valence-corrected chi connectivity index (χ0v) is 14.2. The molecule has 0 aliphatic carbocycles. The van der Waals surface area contributed by atoms with Crippen molar-refractivity contribution in [2.75, 3.05) is 0 Å². The minimum atomic E-state index is -0.427. The van der Waals surface area contributed by atoms with Gasteiger partial charge in [0, 0.05) is 17.8 Å². The average molecular weight is 357 g/mol. The van der Waals surface area contributed by atoms with Crippen LogP contribution in [0.25, 0.3) is 28.9 Å². The highest BCUT2D eigenvalue weighted by molar-refractivity contribution is 5.84. The van der Waals surface area contributed by atoms with Gasteiger partial charge < -0.3 is 5.11 Å². The van der Waals surface area contributed by atoms with Crippen LogP contribution >= 0.6 is 0 Å². The zero-order valence-electron chi connectivity index (χ0n) is 14.2. The van der Waals surface area contributed by atoms with Gasteiger partial charge in [0.05, 0.1) is 16.0 Å². The summed E-state index contributed by atoms with van der Waals surface area (Å²) in [7, 11) is 0. The maximum atomic E-state index is 11.1. The summed E-state index contributed by atoms with van der Waals surface area (Å²) >= 11 is 0. The molecular weight excluding hydrogens is 342 g/mol. The molecule has 132 valence electrons. The highest BCUT2D eigenvalue weighted by Gasteiger charge is 2.14. The van der Waals surface area contributed by atoms with E-state index in [0.717, 1.165) is 16.8 Å². The molecule has 0 amide bonds. The number of hydrogen-bond donors (Lipinski definition) is 1. The van der Waals surface area contributed by atoms with Crippen molar-refractivity contribution in [2.24, 2.45) is 0 Å². The number of fused-ring (bicyclic) bond motifs is 1. The normalized spacial score (nSPS) is 11.3. The minimum Gasteiger partial charge on any atom is -0.508 e. The average Bonchev–Trinajstić information content (AvgIpc) is 3.04. The van der Waals surface area contributed by atoms with E-state index < -0.39 is 4.92 Å². The Labute approximate surface area is 154 Å². The van der Waals surface area contributed by atoms with Gasteiger partial charge in [-0.2, -0.15) is 0 Å². The van der Waals surface area contributed by atoms with E-state index in [2.05, 4.69) is 4.98 Å². The largest absolute Gasteiger partial charge is 0.508 e. The van der Waals surface area contributed by atoms with Crippen molar-refractivity contribution in [1.82, 2.24) is 9.55 Å². The van der Waals surface area contributed by atoms with Gasteiger partial charge in [0.25, 0.3) is 5.69 Å². The SMILES string of the molecule is O=[N+]([O-])c1ccc2c(c1)nc(C=Cc1cccc(O)c1)n2-c1ccccc1. The molecule has 0 radical (unpaired) electrons. The number of hydrogen-bond acceptors (Lipinski definition) is 4. The molecule has 1 aromatic heterocycles. The summed E-state index contributed by atoms with van der Waals surface area (Å²) in [5.74, 6) is 0.823. The van der Waals surface area contributed by atoms with E-state index in [4.69, 9.17) is 0 Å². The van der Waals surface area contributed by atoms with Gasteiger partial charge in [-0.1, -0.05) is 36.4 Å². The summed E-state index contributed by atoms with van der Waals surface area (Å²) in [6, 6.07) is 21.2. The lowest BCUT2D eigenvalue weighted by Crippen LogP contribution is -1.96. The Kier molecular flexibility index (Phi) is 4.14. The smallest absolute Gasteiger partial charge is 0.271 e. The van der Waals surface area contributed by atoms with Gasteiger partial charge in [-0.3, -0.25) is 14.7 Å². The molecule has 27 heavy (non-hydrogen) atoms. The second kappa shape index (κ2) is 6.76. The monoisotopic (exact) mass is 357 g/mol. The van der Waals surface area contributed by atoms with E-state index in [1.807, 2.05) is 53.1 Å². The Morgan fingerprint density at radius 2 is 1.78 bits per heavy atom. The summed E-state index contributed by atoms with van der Waals surface area (Å²) < 4.78 is 1.94. The number of non-ortho nitro benzene ring substituents is 1.